The SMILES string of the molecule is CC(C)C1(C(F)(F)F)OC1C. The van der Waals surface area contributed by atoms with Gasteiger partial charge in [0.1, 0.15) is 0 Å². The van der Waals surface area contributed by atoms with Crippen molar-refractivity contribution in [1.82, 2.24) is 0 Å². The molecule has 0 radical (unpaired) electrons. The summed E-state index contributed by atoms with van der Waals surface area (Å²) in [6, 6.07) is 0. The second kappa shape index (κ2) is 2.12. The average molecular weight is 168 g/mol. The fourth-order valence-corrected chi connectivity index (χ4v) is 1.49. The van der Waals surface area contributed by atoms with Crippen LogP contribution in [0.25, 0.3) is 0 Å². The number of hydrogen-bond donors (Lipinski definition) is 0. The summed E-state index contributed by atoms with van der Waals surface area (Å²) < 4.78 is 41.4. The molecule has 66 valence electrons. The van der Waals surface area contributed by atoms with Gasteiger partial charge in [-0.2, -0.15) is 13.2 Å². The maximum absolute atomic E-state index is 12.3. The lowest BCUT2D eigenvalue weighted by Crippen LogP contribution is -2.39. The van der Waals surface area contributed by atoms with E-state index in [1.807, 2.05) is 0 Å². The van der Waals surface area contributed by atoms with Crippen molar-refractivity contribution in [2.75, 3.05) is 0 Å². The monoisotopic (exact) mass is 168 g/mol. The van der Waals surface area contributed by atoms with Crippen molar-refractivity contribution >= 4 is 0 Å². The Kier molecular flexibility index (Phi) is 1.71. The molecule has 0 aromatic carbocycles. The summed E-state index contributed by atoms with van der Waals surface area (Å²) >= 11 is 0. The van der Waals surface area contributed by atoms with E-state index in [1.54, 1.807) is 0 Å². The molecule has 1 rings (SSSR count). The highest BCUT2D eigenvalue weighted by Crippen LogP contribution is 2.53. The van der Waals surface area contributed by atoms with Crippen LogP contribution >= 0.6 is 0 Å². The van der Waals surface area contributed by atoms with Gasteiger partial charge in [-0.1, -0.05) is 13.8 Å². The van der Waals surface area contributed by atoms with Crippen molar-refractivity contribution in [3.8, 4) is 0 Å². The second-order valence-electron chi connectivity index (χ2n) is 3.21. The van der Waals surface area contributed by atoms with Gasteiger partial charge in [0, 0.05) is 0 Å². The minimum absolute atomic E-state index is 0.502. The predicted octanol–water partition coefficient (Wildman–Crippen LogP) is 2.36. The molecule has 0 aliphatic carbocycles. The molecule has 1 aliphatic rings. The lowest BCUT2D eigenvalue weighted by atomic mass is 9.92. The number of epoxide rings is 1. The minimum Gasteiger partial charge on any atom is -0.356 e. The van der Waals surface area contributed by atoms with Crippen molar-refractivity contribution in [3.05, 3.63) is 0 Å². The third kappa shape index (κ3) is 1.04. The van der Waals surface area contributed by atoms with Gasteiger partial charge >= 0.3 is 6.18 Å². The average Bonchev–Trinajstić information content (AvgIpc) is 2.39. The number of halogens is 3. The standard InChI is InChI=1S/C7H11F3O/c1-4(2)6(5(3)11-6)7(8,9)10/h4-5H,1-3H3. The molecule has 4 heteroatoms. The Morgan fingerprint density at radius 2 is 1.73 bits per heavy atom. The van der Waals surface area contributed by atoms with Crippen LogP contribution in [0.1, 0.15) is 20.8 Å². The highest BCUT2D eigenvalue weighted by atomic mass is 19.4. The third-order valence-corrected chi connectivity index (χ3v) is 2.22. The summed E-state index contributed by atoms with van der Waals surface area (Å²) in [7, 11) is 0. The van der Waals surface area contributed by atoms with Crippen molar-refractivity contribution in [2.24, 2.45) is 5.92 Å². The van der Waals surface area contributed by atoms with Gasteiger partial charge in [-0.25, -0.2) is 0 Å². The maximum atomic E-state index is 12.3. The minimum atomic E-state index is -4.22. The van der Waals surface area contributed by atoms with Gasteiger partial charge in [-0.05, 0) is 12.8 Å². The number of alkyl halides is 3. The first kappa shape index (κ1) is 8.84. The molecule has 2 unspecified atom stereocenters. The summed E-state index contributed by atoms with van der Waals surface area (Å²) in [5, 5.41) is 0. The molecular weight excluding hydrogens is 157 g/mol. The Balaban J connectivity index is 2.80. The summed E-state index contributed by atoms with van der Waals surface area (Å²) in [6.07, 6.45) is -4.90. The van der Waals surface area contributed by atoms with Crippen LogP contribution in [0.5, 0.6) is 0 Å². The highest BCUT2D eigenvalue weighted by Gasteiger charge is 2.72. The zero-order chi connectivity index (χ0) is 8.86. The topological polar surface area (TPSA) is 12.5 Å². The zero-order valence-corrected chi connectivity index (χ0v) is 6.70. The Morgan fingerprint density at radius 3 is 1.73 bits per heavy atom. The largest absolute Gasteiger partial charge is 0.420 e. The lowest BCUT2D eigenvalue weighted by molar-refractivity contribution is -0.195. The van der Waals surface area contributed by atoms with E-state index < -0.39 is 23.8 Å². The predicted molar refractivity (Wildman–Crippen MR) is 34.2 cm³/mol. The van der Waals surface area contributed by atoms with Crippen LogP contribution in [0, 0.1) is 5.92 Å². The molecule has 1 fully saturated rings. The van der Waals surface area contributed by atoms with E-state index in [4.69, 9.17) is 0 Å². The molecule has 2 atom stereocenters. The Morgan fingerprint density at radius 1 is 1.36 bits per heavy atom. The molecule has 0 saturated carbocycles. The van der Waals surface area contributed by atoms with Gasteiger partial charge in [-0.3, -0.25) is 0 Å². The van der Waals surface area contributed by atoms with Crippen molar-refractivity contribution in [2.45, 2.75) is 38.7 Å². The molecule has 0 N–H and O–H groups in total. The van der Waals surface area contributed by atoms with E-state index in [9.17, 15) is 13.2 Å². The molecule has 0 aromatic heterocycles. The molecule has 0 amide bonds. The zero-order valence-electron chi connectivity index (χ0n) is 6.70. The van der Waals surface area contributed by atoms with E-state index in [1.165, 1.54) is 20.8 Å². The van der Waals surface area contributed by atoms with Crippen LogP contribution < -0.4 is 0 Å². The van der Waals surface area contributed by atoms with E-state index >= 15 is 0 Å². The lowest BCUT2D eigenvalue weighted by Gasteiger charge is -2.19. The maximum Gasteiger partial charge on any atom is 0.420 e. The summed E-state index contributed by atoms with van der Waals surface area (Å²) in [5.41, 5.74) is -1.85. The van der Waals surface area contributed by atoms with Gasteiger partial charge < -0.3 is 4.74 Å². The summed E-state index contributed by atoms with van der Waals surface area (Å²) in [6.45, 7) is 4.50. The van der Waals surface area contributed by atoms with Crippen LogP contribution in [0.3, 0.4) is 0 Å². The quantitative estimate of drug-likeness (QED) is 0.547. The first-order valence-electron chi connectivity index (χ1n) is 3.57. The van der Waals surface area contributed by atoms with Crippen LogP contribution in [0.15, 0.2) is 0 Å². The molecule has 1 heterocycles. The number of rotatable bonds is 1. The summed E-state index contributed by atoms with van der Waals surface area (Å²) in [4.78, 5) is 0. The van der Waals surface area contributed by atoms with Crippen molar-refractivity contribution in [3.63, 3.8) is 0 Å². The number of ether oxygens (including phenoxy) is 1. The van der Waals surface area contributed by atoms with Crippen LogP contribution in [-0.4, -0.2) is 17.9 Å². The molecule has 1 saturated heterocycles. The van der Waals surface area contributed by atoms with Gasteiger partial charge in [0.15, 0.2) is 5.60 Å². The molecule has 0 aromatic rings. The molecule has 1 aliphatic heterocycles. The Bertz CT molecular complexity index is 164. The van der Waals surface area contributed by atoms with Crippen molar-refractivity contribution < 1.29 is 17.9 Å². The molecule has 1 nitrogen and oxygen atoms in total. The van der Waals surface area contributed by atoms with Gasteiger partial charge in [0.2, 0.25) is 0 Å². The van der Waals surface area contributed by atoms with Crippen LogP contribution in [0.2, 0.25) is 0 Å². The van der Waals surface area contributed by atoms with E-state index in [0.717, 1.165) is 0 Å². The van der Waals surface area contributed by atoms with Crippen LogP contribution in [0.4, 0.5) is 13.2 Å². The molecule has 0 spiro atoms. The second-order valence-corrected chi connectivity index (χ2v) is 3.21. The number of hydrogen-bond acceptors (Lipinski definition) is 1. The fraction of sp³-hybridized carbons (Fsp3) is 1.00. The van der Waals surface area contributed by atoms with Gasteiger partial charge in [0.25, 0.3) is 0 Å². The molecule has 11 heavy (non-hydrogen) atoms. The summed E-state index contributed by atoms with van der Waals surface area (Å²) in [5.74, 6) is -0.502. The molecular formula is C7H11F3O. The fourth-order valence-electron chi connectivity index (χ4n) is 1.49. The van der Waals surface area contributed by atoms with Crippen molar-refractivity contribution in [1.29, 1.82) is 0 Å². The van der Waals surface area contributed by atoms with Crippen LogP contribution in [-0.2, 0) is 4.74 Å². The first-order valence-corrected chi connectivity index (χ1v) is 3.57. The normalized spacial score (nSPS) is 37.9. The highest BCUT2D eigenvalue weighted by molar-refractivity contribution is 5.08. The van der Waals surface area contributed by atoms with Gasteiger partial charge in [0.05, 0.1) is 6.10 Å². The Hall–Kier alpha value is -0.250. The molecule has 0 bridgehead atoms. The Labute approximate surface area is 63.5 Å². The first-order chi connectivity index (χ1) is 4.82. The van der Waals surface area contributed by atoms with E-state index in [2.05, 4.69) is 4.74 Å². The smallest absolute Gasteiger partial charge is 0.356 e. The van der Waals surface area contributed by atoms with Gasteiger partial charge in [-0.15, -0.1) is 0 Å². The third-order valence-electron chi connectivity index (χ3n) is 2.22. The van der Waals surface area contributed by atoms with E-state index in [0.29, 0.717) is 0 Å². The van der Waals surface area contributed by atoms with E-state index in [-0.39, 0.29) is 0 Å².